The van der Waals surface area contributed by atoms with Crippen LogP contribution in [-0.4, -0.2) is 69.7 Å². The van der Waals surface area contributed by atoms with E-state index in [1.165, 1.54) is 24.4 Å². The zero-order valence-corrected chi connectivity index (χ0v) is 21.7. The number of esters is 1. The molecule has 1 aromatic heterocycles. The summed E-state index contributed by atoms with van der Waals surface area (Å²) in [5, 5.41) is 20.3. The number of nitrogen functional groups attached to an aromatic ring is 1. The molecule has 13 nitrogen and oxygen atoms in total. The summed E-state index contributed by atoms with van der Waals surface area (Å²) in [6.07, 6.45) is -3.40. The fourth-order valence-electron chi connectivity index (χ4n) is 3.65. The first kappa shape index (κ1) is 29.9. The van der Waals surface area contributed by atoms with Crippen LogP contribution in [0.3, 0.4) is 0 Å². The summed E-state index contributed by atoms with van der Waals surface area (Å²) in [7, 11) is -4.02. The van der Waals surface area contributed by atoms with E-state index < -0.39 is 52.4 Å². The van der Waals surface area contributed by atoms with Crippen LogP contribution in [0.4, 0.5) is 5.82 Å². The van der Waals surface area contributed by atoms with Crippen LogP contribution in [0.15, 0.2) is 76.6 Å². The van der Waals surface area contributed by atoms with Crippen molar-refractivity contribution in [2.75, 3.05) is 12.3 Å². The van der Waals surface area contributed by atoms with Crippen molar-refractivity contribution in [3.8, 4) is 0 Å². The lowest BCUT2D eigenvalue weighted by Gasteiger charge is -2.17. The van der Waals surface area contributed by atoms with Gasteiger partial charge in [0, 0.05) is 6.20 Å². The molecule has 0 bridgehead atoms. The molecule has 0 amide bonds. The van der Waals surface area contributed by atoms with E-state index in [1.54, 1.807) is 12.1 Å². The molecule has 0 radical (unpaired) electrons. The quantitative estimate of drug-likeness (QED) is 0.187. The predicted octanol–water partition coefficient (Wildman–Crippen LogP) is -0.200. The molecule has 2 aromatic carbocycles. The summed E-state index contributed by atoms with van der Waals surface area (Å²) in [6.45, 7) is 1.51. The Bertz CT molecular complexity index is 1420. The number of hydrogen-bond acceptors (Lipinski definition) is 11. The fourth-order valence-corrected chi connectivity index (χ4v) is 4.13. The number of aromatic nitrogens is 2. The molecular formula is C25H30N4O9S. The van der Waals surface area contributed by atoms with Gasteiger partial charge in [0.15, 0.2) is 6.23 Å². The maximum Gasteiger partial charge on any atom is 0.351 e. The van der Waals surface area contributed by atoms with Crippen molar-refractivity contribution in [1.29, 1.82) is 0 Å². The molecule has 7 N–H and O–H groups in total. The first-order valence-electron chi connectivity index (χ1n) is 11.7. The average Bonchev–Trinajstić information content (AvgIpc) is 3.16. The molecule has 0 spiro atoms. The Morgan fingerprint density at radius 3 is 2.33 bits per heavy atom. The van der Waals surface area contributed by atoms with E-state index in [0.29, 0.717) is 6.42 Å². The monoisotopic (exact) mass is 562 g/mol. The van der Waals surface area contributed by atoms with Crippen LogP contribution in [0.1, 0.15) is 17.4 Å². The Kier molecular flexibility index (Phi) is 9.91. The third-order valence-electron chi connectivity index (χ3n) is 5.77. The van der Waals surface area contributed by atoms with Crippen LogP contribution in [0.25, 0.3) is 0 Å². The standard InChI is InChI=1S/C18H22N4O6.C7H8O3S/c19-11(8-10-4-2-1-3-5-10)17(25)27-9-12-14(23)15(24)16(28-12)22-7-6-13(20)21-18(22)26;1-6-2-4-7(5-3-6)11(8,9)10/h1-7,11-12,14-16,23-24H,8-9,19H2,(H2,20,21,26);2-5H,1H3,(H,8,9,10)/t11-,12+,14+,15-,16+;/m0./s1. The van der Waals surface area contributed by atoms with E-state index in [9.17, 15) is 28.2 Å². The summed E-state index contributed by atoms with van der Waals surface area (Å²) in [6, 6.07) is 15.7. The number of aliphatic hydroxyl groups is 2. The van der Waals surface area contributed by atoms with Crippen molar-refractivity contribution in [3.63, 3.8) is 0 Å². The van der Waals surface area contributed by atoms with E-state index in [-0.39, 0.29) is 17.3 Å². The van der Waals surface area contributed by atoms with Crippen LogP contribution in [0.2, 0.25) is 0 Å². The molecular weight excluding hydrogens is 532 g/mol. The molecule has 4 rings (SSSR count). The van der Waals surface area contributed by atoms with E-state index in [1.807, 2.05) is 37.3 Å². The summed E-state index contributed by atoms with van der Waals surface area (Å²) < 4.78 is 41.2. The van der Waals surface area contributed by atoms with Gasteiger partial charge in [-0.15, -0.1) is 0 Å². The number of hydrogen-bond donors (Lipinski definition) is 5. The van der Waals surface area contributed by atoms with Crippen molar-refractivity contribution < 1.29 is 37.5 Å². The Labute approximate surface area is 224 Å². The highest BCUT2D eigenvalue weighted by molar-refractivity contribution is 7.85. The number of carbonyl (C=O) groups excluding carboxylic acids is 1. The number of rotatable bonds is 7. The minimum Gasteiger partial charge on any atom is -0.462 e. The first-order chi connectivity index (χ1) is 18.4. The minimum absolute atomic E-state index is 0.0205. The second-order valence-corrected chi connectivity index (χ2v) is 10.2. The minimum atomic E-state index is -4.02. The second-order valence-electron chi connectivity index (χ2n) is 8.80. The molecule has 0 aliphatic carbocycles. The van der Waals surface area contributed by atoms with Crippen LogP contribution in [0, 0.1) is 6.92 Å². The van der Waals surface area contributed by atoms with Gasteiger partial charge in [0.2, 0.25) is 0 Å². The maximum absolute atomic E-state index is 12.1. The zero-order valence-electron chi connectivity index (χ0n) is 20.9. The Morgan fingerprint density at radius 1 is 1.10 bits per heavy atom. The number of benzene rings is 2. The first-order valence-corrected chi connectivity index (χ1v) is 13.2. The number of aryl methyl sites for hydroxylation is 1. The summed E-state index contributed by atoms with van der Waals surface area (Å²) in [4.78, 5) is 27.5. The molecule has 1 aliphatic heterocycles. The molecule has 0 unspecified atom stereocenters. The number of ether oxygens (including phenoxy) is 2. The van der Waals surface area contributed by atoms with Gasteiger partial charge in [0.1, 0.15) is 36.8 Å². The Morgan fingerprint density at radius 2 is 1.74 bits per heavy atom. The van der Waals surface area contributed by atoms with Crippen molar-refractivity contribution in [2.45, 2.75) is 48.8 Å². The summed E-state index contributed by atoms with van der Waals surface area (Å²) in [5.74, 6) is -0.643. The number of carbonyl (C=O) groups is 1. The van der Waals surface area contributed by atoms with Crippen LogP contribution in [0.5, 0.6) is 0 Å². The molecule has 3 aromatic rings. The average molecular weight is 563 g/mol. The predicted molar refractivity (Wildman–Crippen MR) is 139 cm³/mol. The molecule has 1 saturated heterocycles. The topological polar surface area (TPSA) is 217 Å². The van der Waals surface area contributed by atoms with Gasteiger partial charge in [-0.3, -0.25) is 13.9 Å². The van der Waals surface area contributed by atoms with Crippen LogP contribution < -0.4 is 17.2 Å². The van der Waals surface area contributed by atoms with Crippen molar-refractivity contribution >= 4 is 21.9 Å². The van der Waals surface area contributed by atoms with Gasteiger partial charge in [-0.2, -0.15) is 13.4 Å². The molecule has 5 atom stereocenters. The SMILES string of the molecule is Cc1ccc(S(=O)(=O)O)cc1.Nc1ccn([C@@H]2O[C@H](COC(=O)[C@@H](N)Cc3ccccc3)[C@@H](O)[C@@H]2O)c(=O)n1. The number of anilines is 1. The van der Waals surface area contributed by atoms with E-state index in [4.69, 9.17) is 25.5 Å². The lowest BCUT2D eigenvalue weighted by atomic mass is 10.1. The zero-order chi connectivity index (χ0) is 28.7. The van der Waals surface area contributed by atoms with Gasteiger partial charge >= 0.3 is 11.7 Å². The fraction of sp³-hybridized carbons (Fsp3) is 0.320. The molecule has 14 heteroatoms. The van der Waals surface area contributed by atoms with Gasteiger partial charge < -0.3 is 31.2 Å². The van der Waals surface area contributed by atoms with Crippen molar-refractivity contribution in [3.05, 3.63) is 88.5 Å². The highest BCUT2D eigenvalue weighted by atomic mass is 32.2. The smallest absolute Gasteiger partial charge is 0.351 e. The van der Waals surface area contributed by atoms with Gasteiger partial charge in [-0.25, -0.2) is 4.79 Å². The second kappa shape index (κ2) is 12.9. The summed E-state index contributed by atoms with van der Waals surface area (Å²) in [5.41, 5.74) is 12.4. The van der Waals surface area contributed by atoms with Crippen LogP contribution in [-0.2, 0) is 30.8 Å². The lowest BCUT2D eigenvalue weighted by molar-refractivity contribution is -0.151. The van der Waals surface area contributed by atoms with Crippen molar-refractivity contribution in [1.82, 2.24) is 9.55 Å². The van der Waals surface area contributed by atoms with Gasteiger partial charge in [0.25, 0.3) is 10.1 Å². The molecule has 210 valence electrons. The molecule has 1 aliphatic rings. The highest BCUT2D eigenvalue weighted by Gasteiger charge is 2.44. The van der Waals surface area contributed by atoms with E-state index in [2.05, 4.69) is 4.98 Å². The third-order valence-corrected chi connectivity index (χ3v) is 6.64. The Hall–Kier alpha value is -3.66. The normalized spacial score (nSPS) is 21.5. The number of aliphatic hydroxyl groups excluding tert-OH is 2. The Balaban J connectivity index is 0.000000320. The molecule has 2 heterocycles. The lowest BCUT2D eigenvalue weighted by Crippen LogP contribution is -2.39. The van der Waals surface area contributed by atoms with Gasteiger partial charge in [-0.1, -0.05) is 48.0 Å². The number of nitrogens with two attached hydrogens (primary N) is 2. The molecule has 0 saturated carbocycles. The van der Waals surface area contributed by atoms with E-state index >= 15 is 0 Å². The highest BCUT2D eigenvalue weighted by Crippen LogP contribution is 2.28. The maximum atomic E-state index is 12.1. The van der Waals surface area contributed by atoms with Crippen LogP contribution >= 0.6 is 0 Å². The molecule has 1 fully saturated rings. The molecule has 39 heavy (non-hydrogen) atoms. The number of nitrogens with zero attached hydrogens (tertiary/aromatic N) is 2. The van der Waals surface area contributed by atoms with Gasteiger partial charge in [-0.05, 0) is 37.1 Å². The summed E-state index contributed by atoms with van der Waals surface area (Å²) >= 11 is 0. The van der Waals surface area contributed by atoms with Crippen molar-refractivity contribution in [2.24, 2.45) is 5.73 Å². The van der Waals surface area contributed by atoms with Gasteiger partial charge in [0.05, 0.1) is 4.90 Å². The largest absolute Gasteiger partial charge is 0.462 e. The van der Waals surface area contributed by atoms with E-state index in [0.717, 1.165) is 15.7 Å². The third kappa shape index (κ3) is 8.16.